The number of rotatable bonds is 4. The fourth-order valence-electron chi connectivity index (χ4n) is 4.12. The lowest BCUT2D eigenvalue weighted by atomic mass is 9.69. The van der Waals surface area contributed by atoms with E-state index >= 15 is 0 Å². The minimum absolute atomic E-state index is 0.0523. The molecule has 2 aromatic rings. The number of alkyl halides is 12. The topological polar surface area (TPSA) is 92.5 Å². The molecule has 0 aliphatic heterocycles. The van der Waals surface area contributed by atoms with Gasteiger partial charge in [-0.3, -0.25) is 0 Å². The predicted octanol–water partition coefficient (Wildman–Crippen LogP) is 6.42. The number of halogens is 12. The first kappa shape index (κ1) is 32.3. The third kappa shape index (κ3) is 4.85. The summed E-state index contributed by atoms with van der Waals surface area (Å²) in [4.78, 5) is 0. The molecule has 4 nitrogen and oxygen atoms in total. The summed E-state index contributed by atoms with van der Waals surface area (Å²) in [7, 11) is 0. The van der Waals surface area contributed by atoms with E-state index in [1.807, 2.05) is 0 Å². The van der Waals surface area contributed by atoms with Crippen LogP contribution < -0.4 is 11.5 Å². The first-order chi connectivity index (χ1) is 17.1. The van der Waals surface area contributed by atoms with Crippen molar-refractivity contribution in [3.05, 3.63) is 57.6 Å². The van der Waals surface area contributed by atoms with Gasteiger partial charge < -0.3 is 21.7 Å². The SMILES string of the molecule is Cc1cc(C(c2cc(C)c(N)c(C(C)(O)C(F)(F)F)c2)(C(F)(F)F)C(F)(F)F)cc(C(C)(O)C(F)(F)F)c1N. The molecule has 0 saturated carbocycles. The standard InChI is InChI=1S/C23H22F12N2O2/c1-9-5-11(7-13(15(9)36)17(3,38)20(24,25)26)19(22(30,31)32,23(33,34)35)12-6-10(2)16(37)14(8-12)18(4,39)21(27,28)29/h5-8,38-39H,36-37H2,1-4H3. The molecule has 2 rings (SSSR count). The van der Waals surface area contributed by atoms with Gasteiger partial charge in [-0.2, -0.15) is 52.7 Å². The summed E-state index contributed by atoms with van der Waals surface area (Å²) in [6, 6.07) is -0.160. The average Bonchev–Trinajstić information content (AvgIpc) is 2.69. The summed E-state index contributed by atoms with van der Waals surface area (Å²) in [5, 5.41) is 20.1. The molecule has 0 spiro atoms. The molecule has 0 aliphatic carbocycles. The Morgan fingerprint density at radius 2 is 0.769 bits per heavy atom. The van der Waals surface area contributed by atoms with Crippen molar-refractivity contribution in [2.24, 2.45) is 0 Å². The number of hydrogen-bond acceptors (Lipinski definition) is 4. The number of hydrogen-bond donors (Lipinski definition) is 4. The zero-order valence-corrected chi connectivity index (χ0v) is 20.4. The summed E-state index contributed by atoms with van der Waals surface area (Å²) in [5.41, 5.74) is -12.7. The van der Waals surface area contributed by atoms with Crippen LogP contribution in [0.1, 0.15) is 47.2 Å². The van der Waals surface area contributed by atoms with Gasteiger partial charge >= 0.3 is 24.7 Å². The summed E-state index contributed by atoms with van der Waals surface area (Å²) in [6.45, 7) is 1.66. The van der Waals surface area contributed by atoms with Gasteiger partial charge in [-0.1, -0.05) is 12.1 Å². The Kier molecular flexibility index (Phi) is 7.52. The quantitative estimate of drug-likeness (QED) is 0.246. The van der Waals surface area contributed by atoms with E-state index in [2.05, 4.69) is 0 Å². The van der Waals surface area contributed by atoms with Crippen LogP contribution in [-0.4, -0.2) is 34.9 Å². The largest absolute Gasteiger partial charge is 0.421 e. The van der Waals surface area contributed by atoms with Gasteiger partial charge in [0.2, 0.25) is 5.41 Å². The Labute approximate surface area is 213 Å². The van der Waals surface area contributed by atoms with Crippen molar-refractivity contribution in [3.63, 3.8) is 0 Å². The van der Waals surface area contributed by atoms with Gasteiger partial charge in [0.25, 0.3) is 0 Å². The molecule has 0 aromatic heterocycles. The van der Waals surface area contributed by atoms with Crippen molar-refractivity contribution >= 4 is 11.4 Å². The molecule has 2 atom stereocenters. The van der Waals surface area contributed by atoms with Crippen LogP contribution in [0.4, 0.5) is 64.1 Å². The summed E-state index contributed by atoms with van der Waals surface area (Å²) in [5.74, 6) is 0. The van der Waals surface area contributed by atoms with Crippen LogP contribution in [0, 0.1) is 13.8 Å². The average molecular weight is 586 g/mol. The van der Waals surface area contributed by atoms with E-state index in [9.17, 15) is 62.9 Å². The fraction of sp³-hybridized carbons (Fsp3) is 0.478. The van der Waals surface area contributed by atoms with Crippen molar-refractivity contribution in [1.29, 1.82) is 0 Å². The summed E-state index contributed by atoms with van der Waals surface area (Å²) in [6.07, 6.45) is -24.2. The fourth-order valence-corrected chi connectivity index (χ4v) is 4.12. The molecule has 16 heteroatoms. The van der Waals surface area contributed by atoms with Crippen LogP contribution in [-0.2, 0) is 16.6 Å². The molecule has 0 radical (unpaired) electrons. The highest BCUT2D eigenvalue weighted by molar-refractivity contribution is 5.64. The molecule has 6 N–H and O–H groups in total. The molecule has 0 bridgehead atoms. The molecule has 220 valence electrons. The Hall–Kier alpha value is -2.88. The molecule has 2 unspecified atom stereocenters. The lowest BCUT2D eigenvalue weighted by molar-refractivity contribution is -0.288. The Morgan fingerprint density at radius 3 is 0.974 bits per heavy atom. The van der Waals surface area contributed by atoms with E-state index in [0.717, 1.165) is 13.8 Å². The number of nitrogen functional groups attached to an aromatic ring is 2. The Balaban J connectivity index is 3.25. The van der Waals surface area contributed by atoms with Crippen molar-refractivity contribution in [2.45, 2.75) is 69.0 Å². The second kappa shape index (κ2) is 9.08. The summed E-state index contributed by atoms with van der Waals surface area (Å²) < 4.78 is 169. The highest BCUT2D eigenvalue weighted by atomic mass is 19.4. The number of aliphatic hydroxyl groups is 2. The molecule has 0 fully saturated rings. The van der Waals surface area contributed by atoms with Crippen molar-refractivity contribution in [2.75, 3.05) is 11.5 Å². The zero-order valence-electron chi connectivity index (χ0n) is 20.4. The van der Waals surface area contributed by atoms with Gasteiger partial charge in [0.15, 0.2) is 11.2 Å². The molecule has 0 heterocycles. The molecular formula is C23H22F12N2O2. The number of aryl methyl sites for hydroxylation is 2. The maximum atomic E-state index is 14.7. The Morgan fingerprint density at radius 1 is 0.513 bits per heavy atom. The normalized spacial score (nSPS) is 17.1. The minimum atomic E-state index is -6.46. The zero-order chi connectivity index (χ0) is 30.9. The van der Waals surface area contributed by atoms with Crippen LogP contribution in [0.2, 0.25) is 0 Å². The van der Waals surface area contributed by atoms with Crippen LogP contribution in [0.25, 0.3) is 0 Å². The maximum absolute atomic E-state index is 14.7. The van der Waals surface area contributed by atoms with Crippen LogP contribution >= 0.6 is 0 Å². The number of nitrogens with two attached hydrogens (primary N) is 2. The first-order valence-corrected chi connectivity index (χ1v) is 10.6. The van der Waals surface area contributed by atoms with E-state index in [-0.39, 0.29) is 38.1 Å². The van der Waals surface area contributed by atoms with Crippen molar-refractivity contribution < 1.29 is 62.9 Å². The van der Waals surface area contributed by atoms with Crippen molar-refractivity contribution in [1.82, 2.24) is 0 Å². The van der Waals surface area contributed by atoms with E-state index in [1.165, 1.54) is 0 Å². The molecule has 2 aromatic carbocycles. The first-order valence-electron chi connectivity index (χ1n) is 10.6. The van der Waals surface area contributed by atoms with E-state index in [0.29, 0.717) is 0 Å². The monoisotopic (exact) mass is 586 g/mol. The molecule has 39 heavy (non-hydrogen) atoms. The van der Waals surface area contributed by atoms with Gasteiger partial charge in [0, 0.05) is 22.5 Å². The van der Waals surface area contributed by atoms with Crippen molar-refractivity contribution in [3.8, 4) is 0 Å². The van der Waals surface area contributed by atoms with E-state index in [1.54, 1.807) is 0 Å². The van der Waals surface area contributed by atoms with Crippen LogP contribution in [0.15, 0.2) is 24.3 Å². The van der Waals surface area contributed by atoms with Gasteiger partial charge in [-0.05, 0) is 62.1 Å². The second-order valence-electron chi connectivity index (χ2n) is 9.39. The molecule has 0 amide bonds. The molecule has 0 saturated heterocycles. The maximum Gasteiger partial charge on any atom is 0.421 e. The lowest BCUT2D eigenvalue weighted by Gasteiger charge is -2.40. The highest BCUT2D eigenvalue weighted by Gasteiger charge is 2.73. The van der Waals surface area contributed by atoms with Gasteiger partial charge in [-0.25, -0.2) is 0 Å². The smallest absolute Gasteiger partial charge is 0.398 e. The van der Waals surface area contributed by atoms with Gasteiger partial charge in [0.05, 0.1) is 0 Å². The lowest BCUT2D eigenvalue weighted by Crippen LogP contribution is -2.55. The predicted molar refractivity (Wildman–Crippen MR) is 115 cm³/mol. The van der Waals surface area contributed by atoms with Gasteiger partial charge in [0.1, 0.15) is 0 Å². The second-order valence-corrected chi connectivity index (χ2v) is 9.39. The number of anilines is 2. The Bertz CT molecular complexity index is 1160. The third-order valence-electron chi connectivity index (χ3n) is 6.64. The van der Waals surface area contributed by atoms with Crippen LogP contribution in [0.3, 0.4) is 0 Å². The van der Waals surface area contributed by atoms with Gasteiger partial charge in [-0.15, -0.1) is 0 Å². The van der Waals surface area contributed by atoms with E-state index in [4.69, 9.17) is 11.5 Å². The summed E-state index contributed by atoms with van der Waals surface area (Å²) >= 11 is 0. The molecule has 0 aliphatic rings. The third-order valence-corrected chi connectivity index (χ3v) is 6.64. The van der Waals surface area contributed by atoms with E-state index < -0.39 is 86.1 Å². The van der Waals surface area contributed by atoms with Crippen LogP contribution in [0.5, 0.6) is 0 Å². The minimum Gasteiger partial charge on any atom is -0.398 e. The number of benzene rings is 2. The molecular weight excluding hydrogens is 564 g/mol. The highest BCUT2D eigenvalue weighted by Crippen LogP contribution is 2.58.